The van der Waals surface area contributed by atoms with Crippen LogP contribution in [0.4, 0.5) is 5.69 Å². The monoisotopic (exact) mass is 378 g/mol. The lowest BCUT2D eigenvalue weighted by atomic mass is 9.94. The van der Waals surface area contributed by atoms with E-state index in [4.69, 9.17) is 5.41 Å². The Hall–Kier alpha value is -2.63. The fourth-order valence-electron chi connectivity index (χ4n) is 3.45. The van der Waals surface area contributed by atoms with E-state index in [2.05, 4.69) is 22.6 Å². The van der Waals surface area contributed by atoms with Gasteiger partial charge in [0.1, 0.15) is 5.84 Å². The van der Waals surface area contributed by atoms with E-state index in [0.717, 1.165) is 53.2 Å². The first-order valence-electron chi connectivity index (χ1n) is 9.65. The maximum Gasteiger partial charge on any atom is 0.128 e. The van der Waals surface area contributed by atoms with E-state index < -0.39 is 5.60 Å². The quantitative estimate of drug-likeness (QED) is 0.472. The van der Waals surface area contributed by atoms with Gasteiger partial charge in [0.2, 0.25) is 0 Å². The fourth-order valence-corrected chi connectivity index (χ4v) is 3.45. The van der Waals surface area contributed by atoms with E-state index in [1.165, 1.54) is 0 Å². The van der Waals surface area contributed by atoms with Gasteiger partial charge < -0.3 is 20.6 Å². The Bertz CT molecular complexity index is 878. The summed E-state index contributed by atoms with van der Waals surface area (Å²) in [4.78, 5) is 2.23. The molecule has 0 saturated carbocycles. The van der Waals surface area contributed by atoms with Crippen LogP contribution in [0.1, 0.15) is 25.8 Å². The number of nitrogens with zero attached hydrogens (tertiary/aromatic N) is 1. The number of anilines is 1. The molecule has 0 radical (unpaired) electrons. The molecule has 0 aliphatic carbocycles. The molecule has 0 aromatic heterocycles. The van der Waals surface area contributed by atoms with Gasteiger partial charge in [-0.2, -0.15) is 0 Å². The van der Waals surface area contributed by atoms with Gasteiger partial charge in [-0.15, -0.1) is 0 Å². The molecule has 3 rings (SSSR count). The maximum atomic E-state index is 10.2. The summed E-state index contributed by atoms with van der Waals surface area (Å²) in [6, 6.07) is 16.0. The van der Waals surface area contributed by atoms with Crippen molar-refractivity contribution in [2.75, 3.05) is 32.5 Å². The fraction of sp³-hybridized carbons (Fsp3) is 0.348. The number of likely N-dealkylation sites (N-methyl/N-ethyl adjacent to an activating group) is 1. The zero-order valence-corrected chi connectivity index (χ0v) is 17.1. The average molecular weight is 379 g/mol. The van der Waals surface area contributed by atoms with Crippen molar-refractivity contribution in [2.45, 2.75) is 25.9 Å². The smallest absolute Gasteiger partial charge is 0.128 e. The molecule has 0 fully saturated rings. The minimum Gasteiger partial charge on any atom is -0.391 e. The molecular weight excluding hydrogens is 348 g/mol. The van der Waals surface area contributed by atoms with Gasteiger partial charge in [-0.25, -0.2) is 0 Å². The number of aliphatic hydroxyl groups is 1. The third-order valence-corrected chi connectivity index (χ3v) is 5.20. The van der Waals surface area contributed by atoms with E-state index in [1.807, 2.05) is 55.6 Å². The lowest BCUT2D eigenvalue weighted by Crippen LogP contribution is -2.35. The minimum atomic E-state index is -0.863. The summed E-state index contributed by atoms with van der Waals surface area (Å²) >= 11 is 0. The van der Waals surface area contributed by atoms with Gasteiger partial charge in [-0.1, -0.05) is 30.3 Å². The molecule has 0 amide bonds. The van der Waals surface area contributed by atoms with Gasteiger partial charge in [0.05, 0.1) is 5.60 Å². The third kappa shape index (κ3) is 4.61. The SMILES string of the molecule is CNC1=C(C(=N)Nc2ccc(-c3cccc(C(C)(C)O)c3)cc2)CN(C)CC1. The van der Waals surface area contributed by atoms with Crippen molar-refractivity contribution in [1.82, 2.24) is 10.2 Å². The molecule has 28 heavy (non-hydrogen) atoms. The summed E-state index contributed by atoms with van der Waals surface area (Å²) in [6.07, 6.45) is 0.933. The van der Waals surface area contributed by atoms with Gasteiger partial charge in [0.25, 0.3) is 0 Å². The average Bonchev–Trinajstić information content (AvgIpc) is 2.68. The Morgan fingerprint density at radius 3 is 2.46 bits per heavy atom. The summed E-state index contributed by atoms with van der Waals surface area (Å²) < 4.78 is 0. The molecule has 1 aliphatic heterocycles. The molecule has 0 unspecified atom stereocenters. The van der Waals surface area contributed by atoms with Crippen LogP contribution in [-0.2, 0) is 5.60 Å². The first kappa shape index (κ1) is 20.1. The molecule has 0 saturated heterocycles. The van der Waals surface area contributed by atoms with E-state index in [9.17, 15) is 5.11 Å². The number of hydrogen-bond donors (Lipinski definition) is 4. The minimum absolute atomic E-state index is 0.438. The Balaban J connectivity index is 1.76. The van der Waals surface area contributed by atoms with E-state index in [0.29, 0.717) is 5.84 Å². The summed E-state index contributed by atoms with van der Waals surface area (Å²) in [5, 5.41) is 25.2. The van der Waals surface area contributed by atoms with Crippen LogP contribution in [0.15, 0.2) is 59.8 Å². The van der Waals surface area contributed by atoms with Crippen molar-refractivity contribution < 1.29 is 5.11 Å². The van der Waals surface area contributed by atoms with Crippen LogP contribution < -0.4 is 10.6 Å². The van der Waals surface area contributed by atoms with Crippen LogP contribution in [0.3, 0.4) is 0 Å². The molecular formula is C23H30N4O. The highest BCUT2D eigenvalue weighted by Gasteiger charge is 2.19. The van der Waals surface area contributed by atoms with Crippen molar-refractivity contribution in [2.24, 2.45) is 0 Å². The number of benzene rings is 2. The summed E-state index contributed by atoms with van der Waals surface area (Å²) in [7, 11) is 4.00. The number of rotatable bonds is 5. The lowest BCUT2D eigenvalue weighted by molar-refractivity contribution is 0.0786. The topological polar surface area (TPSA) is 71.4 Å². The molecule has 1 aliphatic rings. The molecule has 5 heteroatoms. The van der Waals surface area contributed by atoms with Crippen molar-refractivity contribution in [1.29, 1.82) is 5.41 Å². The molecule has 148 valence electrons. The van der Waals surface area contributed by atoms with Gasteiger partial charge in [-0.3, -0.25) is 5.41 Å². The Labute approximate surface area is 167 Å². The highest BCUT2D eigenvalue weighted by Crippen LogP contribution is 2.27. The van der Waals surface area contributed by atoms with Crippen molar-refractivity contribution in [3.63, 3.8) is 0 Å². The molecule has 0 spiro atoms. The summed E-state index contributed by atoms with van der Waals surface area (Å²) in [5.74, 6) is 0.438. The van der Waals surface area contributed by atoms with Gasteiger partial charge in [0, 0.05) is 43.5 Å². The van der Waals surface area contributed by atoms with Crippen molar-refractivity contribution in [3.05, 3.63) is 65.4 Å². The molecule has 0 atom stereocenters. The second kappa shape index (κ2) is 8.17. The Morgan fingerprint density at radius 1 is 1.11 bits per heavy atom. The van der Waals surface area contributed by atoms with Crippen molar-refractivity contribution >= 4 is 11.5 Å². The highest BCUT2D eigenvalue weighted by atomic mass is 16.3. The third-order valence-electron chi connectivity index (χ3n) is 5.20. The zero-order chi connectivity index (χ0) is 20.3. The predicted molar refractivity (Wildman–Crippen MR) is 117 cm³/mol. The first-order chi connectivity index (χ1) is 13.3. The standard InChI is InChI=1S/C23H30N4O/c1-23(2,28)18-7-5-6-17(14-18)16-8-10-19(11-9-16)26-22(24)20-15-27(4)13-12-21(20)25-3/h5-11,14,25,28H,12-13,15H2,1-4H3,(H2,24,26). The van der Waals surface area contributed by atoms with Gasteiger partial charge in [-0.05, 0) is 55.8 Å². The summed E-state index contributed by atoms with van der Waals surface area (Å²) in [5.41, 5.74) is 5.21. The molecule has 0 bridgehead atoms. The largest absolute Gasteiger partial charge is 0.391 e. The molecule has 4 N–H and O–H groups in total. The molecule has 1 heterocycles. The number of hydrogen-bond acceptors (Lipinski definition) is 4. The normalized spacial score (nSPS) is 15.5. The first-order valence-corrected chi connectivity index (χ1v) is 9.65. The molecule has 5 nitrogen and oxygen atoms in total. The van der Waals surface area contributed by atoms with Crippen LogP contribution in [0.2, 0.25) is 0 Å². The van der Waals surface area contributed by atoms with Crippen LogP contribution >= 0.6 is 0 Å². The lowest BCUT2D eigenvalue weighted by Gasteiger charge is -2.28. The van der Waals surface area contributed by atoms with Crippen molar-refractivity contribution in [3.8, 4) is 11.1 Å². The Morgan fingerprint density at radius 2 is 1.82 bits per heavy atom. The summed E-state index contributed by atoms with van der Waals surface area (Å²) in [6.45, 7) is 5.36. The number of amidine groups is 1. The van der Waals surface area contributed by atoms with E-state index in [1.54, 1.807) is 13.8 Å². The Kier molecular flexibility index (Phi) is 5.87. The second-order valence-electron chi connectivity index (χ2n) is 7.91. The zero-order valence-electron chi connectivity index (χ0n) is 17.1. The van der Waals surface area contributed by atoms with Crippen LogP contribution in [0.5, 0.6) is 0 Å². The van der Waals surface area contributed by atoms with Gasteiger partial charge in [0.15, 0.2) is 0 Å². The number of nitrogens with one attached hydrogen (secondary N) is 3. The highest BCUT2D eigenvalue weighted by molar-refractivity contribution is 6.06. The van der Waals surface area contributed by atoms with E-state index in [-0.39, 0.29) is 0 Å². The van der Waals surface area contributed by atoms with Crippen LogP contribution in [0, 0.1) is 5.41 Å². The van der Waals surface area contributed by atoms with E-state index >= 15 is 0 Å². The predicted octanol–water partition coefficient (Wildman–Crippen LogP) is 3.78. The molecule has 2 aromatic rings. The van der Waals surface area contributed by atoms with Gasteiger partial charge >= 0.3 is 0 Å². The van der Waals surface area contributed by atoms with Crippen LogP contribution in [0.25, 0.3) is 11.1 Å². The van der Waals surface area contributed by atoms with Crippen LogP contribution in [-0.4, -0.2) is 43.0 Å². The molecule has 2 aromatic carbocycles. The second-order valence-corrected chi connectivity index (χ2v) is 7.91. The maximum absolute atomic E-state index is 10.2.